The number of aliphatic imine (C=N–C) groups is 1. The normalized spacial score (nSPS) is 15.5. The Morgan fingerprint density at radius 3 is 2.59 bits per heavy atom. The van der Waals surface area contributed by atoms with Crippen LogP contribution < -0.4 is 15.4 Å². The molecule has 1 aliphatic rings. The number of methoxy groups -OCH3 is 1. The minimum atomic E-state index is -0.227. The van der Waals surface area contributed by atoms with E-state index in [4.69, 9.17) is 4.74 Å². The Bertz CT molecular complexity index is 796. The van der Waals surface area contributed by atoms with Gasteiger partial charge >= 0.3 is 0 Å². The van der Waals surface area contributed by atoms with E-state index in [0.717, 1.165) is 30.9 Å². The third kappa shape index (κ3) is 6.85. The van der Waals surface area contributed by atoms with Crippen LogP contribution in [0.15, 0.2) is 53.5 Å². The number of hydrogen-bond donors (Lipinski definition) is 2. The van der Waals surface area contributed by atoms with Crippen LogP contribution in [-0.4, -0.2) is 44.7 Å². The second-order valence-corrected chi connectivity index (χ2v) is 6.97. The fourth-order valence-electron chi connectivity index (χ4n) is 3.61. The van der Waals surface area contributed by atoms with Gasteiger partial charge in [-0.1, -0.05) is 24.3 Å². The van der Waals surface area contributed by atoms with E-state index < -0.39 is 0 Å². The maximum atomic E-state index is 13.4. The highest BCUT2D eigenvalue weighted by molar-refractivity contribution is 14.0. The van der Waals surface area contributed by atoms with Gasteiger partial charge in [0, 0.05) is 20.1 Å². The van der Waals surface area contributed by atoms with Crippen molar-refractivity contribution in [3.8, 4) is 5.75 Å². The average Bonchev–Trinajstić information content (AvgIpc) is 3.25. The molecule has 1 aliphatic heterocycles. The molecule has 2 aromatic carbocycles. The first-order chi connectivity index (χ1) is 13.7. The first kappa shape index (κ1) is 23.4. The first-order valence-electron chi connectivity index (χ1n) is 9.76. The molecule has 0 bridgehead atoms. The van der Waals surface area contributed by atoms with Crippen LogP contribution >= 0.6 is 24.0 Å². The van der Waals surface area contributed by atoms with Gasteiger partial charge in [-0.2, -0.15) is 0 Å². The van der Waals surface area contributed by atoms with Crippen LogP contribution in [0, 0.1) is 5.82 Å². The van der Waals surface area contributed by atoms with Crippen LogP contribution in [0.3, 0.4) is 0 Å². The number of nitrogens with one attached hydrogen (secondary N) is 2. The summed E-state index contributed by atoms with van der Waals surface area (Å²) in [6, 6.07) is 15.1. The molecule has 0 radical (unpaired) electrons. The lowest BCUT2D eigenvalue weighted by molar-refractivity contribution is 0.245. The van der Waals surface area contributed by atoms with E-state index in [2.05, 4.69) is 32.7 Å². The van der Waals surface area contributed by atoms with Gasteiger partial charge in [-0.15, -0.1) is 24.0 Å². The predicted octanol–water partition coefficient (Wildman–Crippen LogP) is 3.95. The van der Waals surface area contributed by atoms with E-state index in [9.17, 15) is 4.39 Å². The lowest BCUT2D eigenvalue weighted by Crippen LogP contribution is -2.42. The molecule has 5 nitrogen and oxygen atoms in total. The van der Waals surface area contributed by atoms with Crippen LogP contribution in [0.2, 0.25) is 0 Å². The highest BCUT2D eigenvalue weighted by Gasteiger charge is 2.24. The summed E-state index contributed by atoms with van der Waals surface area (Å²) in [5, 5.41) is 6.69. The summed E-state index contributed by atoms with van der Waals surface area (Å²) in [6.45, 7) is 3.44. The molecule has 2 N–H and O–H groups in total. The fourth-order valence-corrected chi connectivity index (χ4v) is 3.61. The van der Waals surface area contributed by atoms with Crippen LogP contribution in [0.5, 0.6) is 5.75 Å². The zero-order valence-electron chi connectivity index (χ0n) is 17.0. The molecular weight excluding hydrogens is 482 g/mol. The highest BCUT2D eigenvalue weighted by Crippen LogP contribution is 2.27. The zero-order chi connectivity index (χ0) is 19.8. The van der Waals surface area contributed by atoms with E-state index in [-0.39, 0.29) is 35.8 Å². The zero-order valence-corrected chi connectivity index (χ0v) is 19.4. The van der Waals surface area contributed by atoms with Gasteiger partial charge in [0.05, 0.1) is 13.2 Å². The summed E-state index contributed by atoms with van der Waals surface area (Å²) < 4.78 is 18.8. The summed E-state index contributed by atoms with van der Waals surface area (Å²) in [5.74, 6) is 1.35. The smallest absolute Gasteiger partial charge is 0.191 e. The summed E-state index contributed by atoms with van der Waals surface area (Å²) in [6.07, 6.45) is 2.46. The fraction of sp³-hybridized carbons (Fsp3) is 0.409. The number of hydrogen-bond acceptors (Lipinski definition) is 3. The molecular formula is C22H30FIN4O. The predicted molar refractivity (Wildman–Crippen MR) is 127 cm³/mol. The molecule has 1 heterocycles. The van der Waals surface area contributed by atoms with Crippen LogP contribution in [0.1, 0.15) is 30.0 Å². The van der Waals surface area contributed by atoms with Gasteiger partial charge in [0.25, 0.3) is 0 Å². The van der Waals surface area contributed by atoms with Crippen molar-refractivity contribution in [2.24, 2.45) is 4.99 Å². The summed E-state index contributed by atoms with van der Waals surface area (Å²) in [7, 11) is 3.44. The van der Waals surface area contributed by atoms with Crippen molar-refractivity contribution in [3.05, 3.63) is 65.5 Å². The molecule has 1 unspecified atom stereocenters. The molecule has 7 heteroatoms. The van der Waals surface area contributed by atoms with Gasteiger partial charge in [-0.05, 0) is 61.3 Å². The van der Waals surface area contributed by atoms with E-state index in [0.29, 0.717) is 12.5 Å². The molecule has 1 fully saturated rings. The summed E-state index contributed by atoms with van der Waals surface area (Å²) in [4.78, 5) is 6.81. The molecule has 29 heavy (non-hydrogen) atoms. The first-order valence-corrected chi connectivity index (χ1v) is 9.76. The largest absolute Gasteiger partial charge is 0.497 e. The van der Waals surface area contributed by atoms with Gasteiger partial charge in [0.15, 0.2) is 5.96 Å². The number of rotatable bonds is 7. The third-order valence-electron chi connectivity index (χ3n) is 5.10. The SMILES string of the molecule is CN=C(NCc1cccc(F)c1)NCC(c1cccc(OC)c1)N1CCCC1.I. The lowest BCUT2D eigenvalue weighted by Gasteiger charge is -2.29. The molecule has 0 aromatic heterocycles. The number of guanidine groups is 1. The molecule has 158 valence electrons. The number of likely N-dealkylation sites (tertiary alicyclic amines) is 1. The van der Waals surface area contributed by atoms with Gasteiger partial charge in [-0.25, -0.2) is 4.39 Å². The Balaban J connectivity index is 0.00000300. The molecule has 1 atom stereocenters. The van der Waals surface area contributed by atoms with E-state index in [1.54, 1.807) is 20.2 Å². The van der Waals surface area contributed by atoms with Crippen LogP contribution in [0.25, 0.3) is 0 Å². The third-order valence-corrected chi connectivity index (χ3v) is 5.10. The van der Waals surface area contributed by atoms with Crippen molar-refractivity contribution in [2.45, 2.75) is 25.4 Å². The van der Waals surface area contributed by atoms with Crippen molar-refractivity contribution in [2.75, 3.05) is 33.8 Å². The van der Waals surface area contributed by atoms with Crippen molar-refractivity contribution in [1.82, 2.24) is 15.5 Å². The number of ether oxygens (including phenoxy) is 1. The maximum Gasteiger partial charge on any atom is 0.191 e. The average molecular weight is 512 g/mol. The summed E-state index contributed by atoms with van der Waals surface area (Å²) >= 11 is 0. The quantitative estimate of drug-likeness (QED) is 0.335. The Labute approximate surface area is 189 Å². The van der Waals surface area contributed by atoms with Crippen molar-refractivity contribution < 1.29 is 9.13 Å². The monoisotopic (exact) mass is 512 g/mol. The number of benzene rings is 2. The summed E-state index contributed by atoms with van der Waals surface area (Å²) in [5.41, 5.74) is 2.11. The molecule has 1 saturated heterocycles. The maximum absolute atomic E-state index is 13.4. The lowest BCUT2D eigenvalue weighted by atomic mass is 10.1. The molecule has 0 aliphatic carbocycles. The topological polar surface area (TPSA) is 48.9 Å². The minimum absolute atomic E-state index is 0. The molecule has 3 rings (SSSR count). The molecule has 2 aromatic rings. The number of halogens is 2. The molecule has 0 amide bonds. The van der Waals surface area contributed by atoms with E-state index >= 15 is 0 Å². The second-order valence-electron chi connectivity index (χ2n) is 6.97. The van der Waals surface area contributed by atoms with E-state index in [1.807, 2.05) is 18.2 Å². The van der Waals surface area contributed by atoms with Gasteiger partial charge < -0.3 is 15.4 Å². The van der Waals surface area contributed by atoms with Gasteiger partial charge in [0.2, 0.25) is 0 Å². The van der Waals surface area contributed by atoms with Gasteiger partial charge in [0.1, 0.15) is 11.6 Å². The van der Waals surface area contributed by atoms with Gasteiger partial charge in [-0.3, -0.25) is 9.89 Å². The van der Waals surface area contributed by atoms with Crippen molar-refractivity contribution >= 4 is 29.9 Å². The standard InChI is InChI=1S/C22H29FN4O.HI/c1-24-22(25-15-17-7-5-9-19(23)13-17)26-16-21(27-11-3-4-12-27)18-8-6-10-20(14-18)28-2;/h5-10,13-14,21H,3-4,11-12,15-16H2,1-2H3,(H2,24,25,26);1H. The Morgan fingerprint density at radius 1 is 1.14 bits per heavy atom. The van der Waals surface area contributed by atoms with Crippen LogP contribution in [-0.2, 0) is 6.54 Å². The molecule has 0 spiro atoms. The van der Waals surface area contributed by atoms with Crippen molar-refractivity contribution in [1.29, 1.82) is 0 Å². The Kier molecular flexibility index (Phi) is 9.66. The Hall–Kier alpha value is -1.87. The number of nitrogens with zero attached hydrogens (tertiary/aromatic N) is 2. The highest BCUT2D eigenvalue weighted by atomic mass is 127. The van der Waals surface area contributed by atoms with Crippen LogP contribution in [0.4, 0.5) is 4.39 Å². The second kappa shape index (κ2) is 12.0. The van der Waals surface area contributed by atoms with Crippen molar-refractivity contribution in [3.63, 3.8) is 0 Å². The molecule has 0 saturated carbocycles. The Morgan fingerprint density at radius 2 is 1.90 bits per heavy atom. The van der Waals surface area contributed by atoms with E-state index in [1.165, 1.54) is 30.5 Å². The minimum Gasteiger partial charge on any atom is -0.497 e.